The second kappa shape index (κ2) is 6.99. The van der Waals surface area contributed by atoms with E-state index in [-0.39, 0.29) is 23.9 Å². The van der Waals surface area contributed by atoms with Crippen LogP contribution in [0.15, 0.2) is 24.3 Å². The lowest BCUT2D eigenvalue weighted by Gasteiger charge is -2.40. The third kappa shape index (κ3) is 3.45. The number of hydrogen-bond donors (Lipinski definition) is 2. The van der Waals surface area contributed by atoms with Crippen molar-refractivity contribution in [2.24, 2.45) is 11.7 Å². The van der Waals surface area contributed by atoms with Crippen LogP contribution >= 0.6 is 11.6 Å². The van der Waals surface area contributed by atoms with Gasteiger partial charge in [0.15, 0.2) is 0 Å². The average Bonchev–Trinajstić information content (AvgIpc) is 2.54. The van der Waals surface area contributed by atoms with Crippen LogP contribution in [0.3, 0.4) is 0 Å². The molecule has 0 aromatic heterocycles. The summed E-state index contributed by atoms with van der Waals surface area (Å²) in [6.07, 6.45) is 3.90. The Labute approximate surface area is 137 Å². The molecule has 1 amide bonds. The van der Waals surface area contributed by atoms with Crippen LogP contribution in [0.4, 0.5) is 0 Å². The fourth-order valence-electron chi connectivity index (χ4n) is 3.67. The van der Waals surface area contributed by atoms with Gasteiger partial charge in [0, 0.05) is 36.6 Å². The molecule has 1 aromatic rings. The van der Waals surface area contributed by atoms with Gasteiger partial charge in [-0.05, 0) is 37.0 Å². The summed E-state index contributed by atoms with van der Waals surface area (Å²) in [4.78, 5) is 15.0. The number of piperazine rings is 1. The molecule has 5 heteroatoms. The van der Waals surface area contributed by atoms with Crippen molar-refractivity contribution in [2.75, 3.05) is 19.6 Å². The van der Waals surface area contributed by atoms with Crippen molar-refractivity contribution in [3.05, 3.63) is 34.9 Å². The summed E-state index contributed by atoms with van der Waals surface area (Å²) < 4.78 is 0. The maximum atomic E-state index is 13.0. The highest BCUT2D eigenvalue weighted by Gasteiger charge is 2.34. The minimum Gasteiger partial charge on any atom is -0.333 e. The second-order valence-electron chi connectivity index (χ2n) is 6.43. The maximum Gasteiger partial charge on any atom is 0.226 e. The zero-order valence-electron chi connectivity index (χ0n) is 12.8. The molecule has 2 fully saturated rings. The summed E-state index contributed by atoms with van der Waals surface area (Å²) in [6.45, 7) is 2.38. The molecule has 1 aliphatic carbocycles. The fraction of sp³-hybridized carbons (Fsp3) is 0.588. The fourth-order valence-corrected chi connectivity index (χ4v) is 3.86. The third-order valence-corrected chi connectivity index (χ3v) is 5.06. The number of rotatable bonds is 2. The van der Waals surface area contributed by atoms with E-state index in [1.54, 1.807) is 0 Å². The SMILES string of the molecule is NC1CCCC(C(=O)N2CCNCC2c2cccc(Cl)c2)C1. The number of amides is 1. The van der Waals surface area contributed by atoms with Crippen molar-refractivity contribution in [1.29, 1.82) is 0 Å². The summed E-state index contributed by atoms with van der Waals surface area (Å²) >= 11 is 6.12. The highest BCUT2D eigenvalue weighted by Crippen LogP contribution is 2.30. The first-order valence-corrected chi connectivity index (χ1v) is 8.55. The van der Waals surface area contributed by atoms with Crippen molar-refractivity contribution in [3.63, 3.8) is 0 Å². The van der Waals surface area contributed by atoms with Crippen LogP contribution < -0.4 is 11.1 Å². The lowest BCUT2D eigenvalue weighted by atomic mass is 9.84. The van der Waals surface area contributed by atoms with Gasteiger partial charge in [0.25, 0.3) is 0 Å². The number of nitrogens with two attached hydrogens (primary N) is 1. The van der Waals surface area contributed by atoms with Gasteiger partial charge in [0.1, 0.15) is 0 Å². The standard InChI is InChI=1S/C17H24ClN3O/c18-14-5-1-3-12(9-14)16-11-20-7-8-21(16)17(22)13-4-2-6-15(19)10-13/h1,3,5,9,13,15-16,20H,2,4,6-8,10-11,19H2. The molecule has 0 spiro atoms. The number of carbonyl (C=O) groups excluding carboxylic acids is 1. The first kappa shape index (κ1) is 15.8. The van der Waals surface area contributed by atoms with Crippen molar-refractivity contribution in [3.8, 4) is 0 Å². The van der Waals surface area contributed by atoms with Gasteiger partial charge >= 0.3 is 0 Å². The van der Waals surface area contributed by atoms with Gasteiger partial charge < -0.3 is 16.0 Å². The van der Waals surface area contributed by atoms with Gasteiger partial charge in [-0.1, -0.05) is 30.2 Å². The van der Waals surface area contributed by atoms with Crippen LogP contribution in [-0.2, 0) is 4.79 Å². The molecule has 1 aromatic carbocycles. The molecule has 4 nitrogen and oxygen atoms in total. The van der Waals surface area contributed by atoms with E-state index in [2.05, 4.69) is 11.4 Å². The molecule has 3 unspecified atom stereocenters. The molecule has 22 heavy (non-hydrogen) atoms. The molecule has 1 heterocycles. The molecule has 120 valence electrons. The molecular formula is C17H24ClN3O. The van der Waals surface area contributed by atoms with Crippen molar-refractivity contribution < 1.29 is 4.79 Å². The molecule has 3 N–H and O–H groups in total. The Bertz CT molecular complexity index is 536. The molecule has 3 atom stereocenters. The van der Waals surface area contributed by atoms with E-state index in [1.807, 2.05) is 23.1 Å². The van der Waals surface area contributed by atoms with Crippen LogP contribution in [0, 0.1) is 5.92 Å². The van der Waals surface area contributed by atoms with E-state index in [9.17, 15) is 4.79 Å². The zero-order chi connectivity index (χ0) is 15.5. The minimum absolute atomic E-state index is 0.0677. The van der Waals surface area contributed by atoms with Crippen LogP contribution in [0.1, 0.15) is 37.3 Å². The van der Waals surface area contributed by atoms with Crippen LogP contribution in [0.25, 0.3) is 0 Å². The minimum atomic E-state index is 0.0677. The number of nitrogens with zero attached hydrogens (tertiary/aromatic N) is 1. The number of nitrogens with one attached hydrogen (secondary N) is 1. The first-order chi connectivity index (χ1) is 10.6. The van der Waals surface area contributed by atoms with E-state index >= 15 is 0 Å². The highest BCUT2D eigenvalue weighted by molar-refractivity contribution is 6.30. The lowest BCUT2D eigenvalue weighted by molar-refractivity contribution is -0.140. The molecule has 3 rings (SSSR count). The van der Waals surface area contributed by atoms with Gasteiger partial charge in [-0.2, -0.15) is 0 Å². The molecule has 0 radical (unpaired) electrons. The summed E-state index contributed by atoms with van der Waals surface area (Å²) in [5.41, 5.74) is 7.16. The van der Waals surface area contributed by atoms with E-state index in [1.165, 1.54) is 0 Å². The molecule has 0 bridgehead atoms. The number of benzene rings is 1. The van der Waals surface area contributed by atoms with Gasteiger partial charge in [-0.15, -0.1) is 0 Å². The topological polar surface area (TPSA) is 58.4 Å². The predicted molar refractivity (Wildman–Crippen MR) is 88.7 cm³/mol. The number of hydrogen-bond acceptors (Lipinski definition) is 3. The van der Waals surface area contributed by atoms with E-state index in [4.69, 9.17) is 17.3 Å². The predicted octanol–water partition coefficient (Wildman–Crippen LogP) is 2.33. The Morgan fingerprint density at radius 3 is 3.00 bits per heavy atom. The van der Waals surface area contributed by atoms with E-state index in [0.717, 1.165) is 55.9 Å². The number of carbonyl (C=O) groups is 1. The first-order valence-electron chi connectivity index (χ1n) is 8.17. The van der Waals surface area contributed by atoms with Crippen LogP contribution in [0.5, 0.6) is 0 Å². The molecular weight excluding hydrogens is 298 g/mol. The quantitative estimate of drug-likeness (QED) is 0.879. The summed E-state index contributed by atoms with van der Waals surface area (Å²) in [5, 5.41) is 4.11. The largest absolute Gasteiger partial charge is 0.333 e. The van der Waals surface area contributed by atoms with Crippen LogP contribution in [0.2, 0.25) is 5.02 Å². The Morgan fingerprint density at radius 2 is 2.23 bits per heavy atom. The Kier molecular flexibility index (Phi) is 5.01. The van der Waals surface area contributed by atoms with E-state index < -0.39 is 0 Å². The summed E-state index contributed by atoms with van der Waals surface area (Å²) in [5.74, 6) is 0.352. The molecule has 2 aliphatic rings. The van der Waals surface area contributed by atoms with Gasteiger partial charge in [-0.3, -0.25) is 4.79 Å². The van der Waals surface area contributed by atoms with Crippen molar-refractivity contribution in [2.45, 2.75) is 37.8 Å². The monoisotopic (exact) mass is 321 g/mol. The van der Waals surface area contributed by atoms with Crippen molar-refractivity contribution in [1.82, 2.24) is 10.2 Å². The average molecular weight is 322 g/mol. The summed E-state index contributed by atoms with van der Waals surface area (Å²) in [7, 11) is 0. The molecule has 1 saturated carbocycles. The van der Waals surface area contributed by atoms with Crippen LogP contribution in [-0.4, -0.2) is 36.5 Å². The molecule has 1 aliphatic heterocycles. The normalized spacial score (nSPS) is 29.4. The lowest BCUT2D eigenvalue weighted by Crippen LogP contribution is -2.51. The Balaban J connectivity index is 1.78. The van der Waals surface area contributed by atoms with E-state index in [0.29, 0.717) is 0 Å². The molecule has 1 saturated heterocycles. The van der Waals surface area contributed by atoms with Crippen molar-refractivity contribution >= 4 is 17.5 Å². The second-order valence-corrected chi connectivity index (χ2v) is 6.87. The Hall–Kier alpha value is -1.10. The van der Waals surface area contributed by atoms with Gasteiger partial charge in [-0.25, -0.2) is 0 Å². The number of halogens is 1. The Morgan fingerprint density at radius 1 is 1.36 bits per heavy atom. The zero-order valence-corrected chi connectivity index (χ0v) is 13.6. The van der Waals surface area contributed by atoms with Gasteiger partial charge in [0.2, 0.25) is 5.91 Å². The third-order valence-electron chi connectivity index (χ3n) is 4.82. The maximum absolute atomic E-state index is 13.0. The van der Waals surface area contributed by atoms with Gasteiger partial charge in [0.05, 0.1) is 6.04 Å². The smallest absolute Gasteiger partial charge is 0.226 e. The highest BCUT2D eigenvalue weighted by atomic mass is 35.5. The summed E-state index contributed by atoms with van der Waals surface area (Å²) in [6, 6.07) is 8.08.